The van der Waals surface area contributed by atoms with Gasteiger partial charge in [0, 0.05) is 42.0 Å². The number of hydrogen-bond donors (Lipinski definition) is 1. The highest BCUT2D eigenvalue weighted by Gasteiger charge is 2.28. The van der Waals surface area contributed by atoms with Gasteiger partial charge in [0.2, 0.25) is 0 Å². The quantitative estimate of drug-likeness (QED) is 0.472. The minimum absolute atomic E-state index is 0.236. The molecule has 0 amide bonds. The van der Waals surface area contributed by atoms with Gasteiger partial charge in [0.25, 0.3) is 0 Å². The van der Waals surface area contributed by atoms with Crippen LogP contribution >= 0.6 is 11.3 Å². The van der Waals surface area contributed by atoms with Crippen LogP contribution in [0, 0.1) is 12.3 Å². The number of piperazine rings is 1. The minimum Gasteiger partial charge on any atom is -0.303 e. The Kier molecular flexibility index (Phi) is 6.14. The van der Waals surface area contributed by atoms with E-state index in [4.69, 9.17) is 6.42 Å². The van der Waals surface area contributed by atoms with E-state index in [9.17, 15) is 4.39 Å². The number of nitrogens with zero attached hydrogens (tertiary/aromatic N) is 3. The van der Waals surface area contributed by atoms with Crippen LogP contribution in [0.1, 0.15) is 23.4 Å². The van der Waals surface area contributed by atoms with E-state index in [1.807, 2.05) is 25.1 Å². The molecule has 0 unspecified atom stereocenters. The molecule has 0 spiro atoms. The summed E-state index contributed by atoms with van der Waals surface area (Å²) in [6.45, 7) is 5.22. The molecular formula is C24H25FN4S. The molecule has 3 aromatic rings. The maximum absolute atomic E-state index is 14.7. The van der Waals surface area contributed by atoms with Gasteiger partial charge in [0.1, 0.15) is 0 Å². The Morgan fingerprint density at radius 3 is 3.03 bits per heavy atom. The van der Waals surface area contributed by atoms with Crippen LogP contribution in [-0.4, -0.2) is 53.2 Å². The van der Waals surface area contributed by atoms with Crippen molar-refractivity contribution in [2.45, 2.75) is 13.0 Å². The maximum Gasteiger partial charge on any atom is 0.177 e. The van der Waals surface area contributed by atoms with E-state index in [0.29, 0.717) is 12.1 Å². The molecule has 6 heteroatoms. The van der Waals surface area contributed by atoms with Gasteiger partial charge in [-0.1, -0.05) is 18.2 Å². The summed E-state index contributed by atoms with van der Waals surface area (Å²) >= 11 is 1.75. The van der Waals surface area contributed by atoms with Crippen LogP contribution in [0.3, 0.4) is 0 Å². The summed E-state index contributed by atoms with van der Waals surface area (Å²) in [7, 11) is 2.13. The molecule has 2 aromatic heterocycles. The van der Waals surface area contributed by atoms with Gasteiger partial charge < -0.3 is 4.90 Å². The molecule has 3 heterocycles. The smallest absolute Gasteiger partial charge is 0.177 e. The molecule has 0 bridgehead atoms. The van der Waals surface area contributed by atoms with Crippen molar-refractivity contribution in [3.8, 4) is 12.3 Å². The van der Waals surface area contributed by atoms with Crippen molar-refractivity contribution in [1.29, 1.82) is 0 Å². The number of hydrogen-bond acceptors (Lipinski definition) is 4. The molecule has 154 valence electrons. The van der Waals surface area contributed by atoms with Gasteiger partial charge in [-0.15, -0.1) is 17.8 Å². The van der Waals surface area contributed by atoms with Crippen molar-refractivity contribution in [3.63, 3.8) is 0 Å². The highest BCUT2D eigenvalue weighted by Crippen LogP contribution is 2.30. The van der Waals surface area contributed by atoms with Gasteiger partial charge in [0.05, 0.1) is 17.8 Å². The summed E-state index contributed by atoms with van der Waals surface area (Å²) in [5.74, 6) is 1.72. The van der Waals surface area contributed by atoms with Gasteiger partial charge >= 0.3 is 0 Å². The lowest BCUT2D eigenvalue weighted by Gasteiger charge is -2.39. The number of benzene rings is 1. The van der Waals surface area contributed by atoms with Gasteiger partial charge in [-0.25, -0.2) is 0 Å². The lowest BCUT2D eigenvalue weighted by molar-refractivity contribution is 0.101. The predicted octanol–water partition coefficient (Wildman–Crippen LogP) is 4.87. The molecule has 1 aromatic carbocycles. The van der Waals surface area contributed by atoms with Crippen LogP contribution < -0.4 is 0 Å². The summed E-state index contributed by atoms with van der Waals surface area (Å²) < 4.78 is 14.7. The minimum atomic E-state index is -0.498. The number of halogens is 1. The first-order valence-electron chi connectivity index (χ1n) is 9.98. The molecule has 1 fully saturated rings. The molecule has 1 atom stereocenters. The Bertz CT molecular complexity index is 1120. The Morgan fingerprint density at radius 2 is 2.27 bits per heavy atom. The molecule has 0 aliphatic carbocycles. The number of aromatic amines is 1. The van der Waals surface area contributed by atoms with E-state index >= 15 is 0 Å². The van der Waals surface area contributed by atoms with E-state index in [2.05, 4.69) is 56.5 Å². The largest absolute Gasteiger partial charge is 0.303 e. The van der Waals surface area contributed by atoms with E-state index < -0.39 is 5.83 Å². The summed E-state index contributed by atoms with van der Waals surface area (Å²) in [4.78, 5) is 5.96. The number of thiophene rings is 1. The summed E-state index contributed by atoms with van der Waals surface area (Å²) in [6.07, 6.45) is 9.14. The van der Waals surface area contributed by atoms with Crippen LogP contribution in [-0.2, 0) is 0 Å². The Balaban J connectivity index is 1.62. The average molecular weight is 421 g/mol. The van der Waals surface area contributed by atoms with Crippen LogP contribution in [0.25, 0.3) is 16.5 Å². The molecule has 1 N–H and O–H groups in total. The molecule has 4 rings (SSSR count). The van der Waals surface area contributed by atoms with Crippen molar-refractivity contribution in [1.82, 2.24) is 20.0 Å². The fourth-order valence-electron chi connectivity index (χ4n) is 3.92. The zero-order valence-electron chi connectivity index (χ0n) is 17.2. The number of aromatic nitrogens is 2. The highest BCUT2D eigenvalue weighted by molar-refractivity contribution is 7.10. The topological polar surface area (TPSA) is 35.2 Å². The van der Waals surface area contributed by atoms with Gasteiger partial charge in [-0.05, 0) is 54.6 Å². The fourth-order valence-corrected chi connectivity index (χ4v) is 4.77. The van der Waals surface area contributed by atoms with Crippen molar-refractivity contribution >= 4 is 27.8 Å². The van der Waals surface area contributed by atoms with Crippen LogP contribution in [0.4, 0.5) is 4.39 Å². The normalized spacial score (nSPS) is 19.7. The lowest BCUT2D eigenvalue weighted by Crippen LogP contribution is -2.47. The summed E-state index contributed by atoms with van der Waals surface area (Å²) in [5, 5.41) is 10.1. The van der Waals surface area contributed by atoms with Crippen LogP contribution in [0.5, 0.6) is 0 Å². The second-order valence-corrected chi connectivity index (χ2v) is 8.73. The van der Waals surface area contributed by atoms with Crippen LogP contribution in [0.15, 0.2) is 59.4 Å². The molecular weight excluding hydrogens is 395 g/mol. The molecule has 0 radical (unpaired) electrons. The van der Waals surface area contributed by atoms with E-state index in [-0.39, 0.29) is 6.04 Å². The fraction of sp³-hybridized carbons (Fsp3) is 0.292. The predicted molar refractivity (Wildman–Crippen MR) is 123 cm³/mol. The van der Waals surface area contributed by atoms with Gasteiger partial charge in [0.15, 0.2) is 5.83 Å². The van der Waals surface area contributed by atoms with Gasteiger partial charge in [-0.2, -0.15) is 9.49 Å². The lowest BCUT2D eigenvalue weighted by atomic mass is 10.0. The first-order chi connectivity index (χ1) is 14.5. The van der Waals surface area contributed by atoms with Crippen molar-refractivity contribution in [3.05, 3.63) is 69.8 Å². The van der Waals surface area contributed by atoms with E-state index in [0.717, 1.165) is 41.7 Å². The second kappa shape index (κ2) is 8.97. The van der Waals surface area contributed by atoms with E-state index in [1.165, 1.54) is 4.88 Å². The molecule has 1 aliphatic rings. The molecule has 1 saturated heterocycles. The summed E-state index contributed by atoms with van der Waals surface area (Å²) in [5.41, 5.74) is 3.53. The first kappa shape index (κ1) is 20.5. The Morgan fingerprint density at radius 1 is 1.40 bits per heavy atom. The number of fused-ring (bicyclic) bond motifs is 1. The molecule has 30 heavy (non-hydrogen) atoms. The Hall–Kier alpha value is -2.72. The van der Waals surface area contributed by atoms with Crippen LogP contribution in [0.2, 0.25) is 0 Å². The van der Waals surface area contributed by atoms with Crippen molar-refractivity contribution in [2.75, 3.05) is 33.2 Å². The highest BCUT2D eigenvalue weighted by atomic mass is 32.1. The third kappa shape index (κ3) is 4.39. The summed E-state index contributed by atoms with van der Waals surface area (Å²) in [6, 6.07) is 10.5. The number of likely N-dealkylation sites (N-methyl/N-ethyl adjacent to an activating group) is 1. The standard InChI is InChI=1S/C24H25FN4S/c1-4-21(25)20(12-17(2)18-7-8-22-19(13-18)14-26-27-22)15-29-10-9-28(3)16-23(29)24-6-5-11-30-24/h1,5-8,11-14,23H,9-10,15-16H2,2-3H3,(H,26,27)/b17-12+,21-20-/t23-/m1/s1. The number of allylic oxidation sites excluding steroid dienone is 2. The van der Waals surface area contributed by atoms with Crippen molar-refractivity contribution in [2.24, 2.45) is 0 Å². The van der Waals surface area contributed by atoms with Crippen molar-refractivity contribution < 1.29 is 4.39 Å². The SMILES string of the molecule is C#C/C(F)=C(\C=C(/C)c1ccc2[nH]ncc2c1)CN1CCN(C)C[C@@H]1c1cccs1. The monoisotopic (exact) mass is 420 g/mol. The average Bonchev–Trinajstić information content (AvgIpc) is 3.45. The molecule has 1 aliphatic heterocycles. The van der Waals surface area contributed by atoms with Gasteiger partial charge in [-0.3, -0.25) is 10.00 Å². The van der Waals surface area contributed by atoms with E-state index in [1.54, 1.807) is 17.5 Å². The third-order valence-corrected chi connectivity index (χ3v) is 6.61. The number of H-pyrrole nitrogens is 1. The number of rotatable bonds is 5. The number of terminal acetylenes is 1. The zero-order valence-corrected chi connectivity index (χ0v) is 18.0. The third-order valence-electron chi connectivity index (χ3n) is 5.63. The number of nitrogens with one attached hydrogen (secondary N) is 1. The first-order valence-corrected chi connectivity index (χ1v) is 10.9. The Labute approximate surface area is 180 Å². The maximum atomic E-state index is 14.7. The molecule has 4 nitrogen and oxygen atoms in total. The second-order valence-electron chi connectivity index (χ2n) is 7.75. The molecule has 0 saturated carbocycles. The zero-order chi connectivity index (χ0) is 21.1.